The van der Waals surface area contributed by atoms with E-state index in [2.05, 4.69) is 4.99 Å². The van der Waals surface area contributed by atoms with Crippen LogP contribution in [-0.2, 0) is 0 Å². The summed E-state index contributed by atoms with van der Waals surface area (Å²) in [5, 5.41) is 9.04. The fourth-order valence-corrected chi connectivity index (χ4v) is 1.69. The van der Waals surface area contributed by atoms with Crippen molar-refractivity contribution in [2.45, 2.75) is 0 Å². The first-order valence-electron chi connectivity index (χ1n) is 4.78. The van der Waals surface area contributed by atoms with Crippen LogP contribution in [0.2, 0.25) is 0 Å². The maximum absolute atomic E-state index is 11.0. The molecule has 0 fully saturated rings. The second-order valence-corrected chi connectivity index (χ2v) is 3.48. The summed E-state index contributed by atoms with van der Waals surface area (Å²) in [5.74, 6) is -0.137. The van der Waals surface area contributed by atoms with Crippen LogP contribution in [0.25, 0.3) is 0 Å². The lowest BCUT2D eigenvalue weighted by molar-refractivity contribution is 0.0696. The molecular weight excluding hydrogens is 192 g/mol. The van der Waals surface area contributed by atoms with Gasteiger partial charge in [0.25, 0.3) is 0 Å². The second kappa shape index (κ2) is 3.73. The van der Waals surface area contributed by atoms with Gasteiger partial charge in [0, 0.05) is 19.2 Å². The van der Waals surface area contributed by atoms with Crippen molar-refractivity contribution in [2.24, 2.45) is 4.99 Å². The number of likely N-dealkylation sites (N-methyl/N-ethyl adjacent to an activating group) is 1. The van der Waals surface area contributed by atoms with Crippen LogP contribution in [0.1, 0.15) is 15.9 Å². The molecule has 1 aliphatic heterocycles. The third kappa shape index (κ3) is 1.70. The van der Waals surface area contributed by atoms with E-state index in [1.165, 1.54) is 0 Å². The van der Waals surface area contributed by atoms with E-state index in [1.807, 2.05) is 18.0 Å². The number of rotatable bonds is 2. The highest BCUT2D eigenvalue weighted by Gasteiger charge is 2.19. The number of hydrogen-bond acceptors (Lipinski definition) is 3. The summed E-state index contributed by atoms with van der Waals surface area (Å²) in [7, 11) is 1.92. The molecule has 1 aromatic rings. The summed E-state index contributed by atoms with van der Waals surface area (Å²) < 4.78 is 0. The fraction of sp³-hybridized carbons (Fsp3) is 0.273. The van der Waals surface area contributed by atoms with Crippen LogP contribution in [0.5, 0.6) is 0 Å². The number of carbonyl (C=O) groups is 1. The van der Waals surface area contributed by atoms with E-state index in [0.29, 0.717) is 11.1 Å². The van der Waals surface area contributed by atoms with Crippen molar-refractivity contribution in [3.63, 3.8) is 0 Å². The van der Waals surface area contributed by atoms with Crippen molar-refractivity contribution >= 4 is 11.8 Å². The molecule has 0 unspecified atom stereocenters. The van der Waals surface area contributed by atoms with Gasteiger partial charge in [0.15, 0.2) is 0 Å². The molecule has 15 heavy (non-hydrogen) atoms. The zero-order valence-electron chi connectivity index (χ0n) is 8.47. The molecule has 0 aliphatic carbocycles. The number of hydrogen-bond donors (Lipinski definition) is 1. The van der Waals surface area contributed by atoms with Crippen LogP contribution >= 0.6 is 0 Å². The van der Waals surface area contributed by atoms with Crippen LogP contribution in [0.3, 0.4) is 0 Å². The number of aliphatic imine (C=N–C) groups is 1. The first-order chi connectivity index (χ1) is 7.20. The smallest absolute Gasteiger partial charge is 0.336 e. The van der Waals surface area contributed by atoms with Crippen LogP contribution < -0.4 is 0 Å². The Morgan fingerprint density at radius 3 is 2.80 bits per heavy atom. The summed E-state index contributed by atoms with van der Waals surface area (Å²) >= 11 is 0. The van der Waals surface area contributed by atoms with Crippen molar-refractivity contribution in [2.75, 3.05) is 20.1 Å². The minimum atomic E-state index is -0.909. The molecule has 1 heterocycles. The molecule has 4 heteroatoms. The number of carboxylic acids is 1. The lowest BCUT2D eigenvalue weighted by Gasteiger charge is -2.15. The molecule has 0 radical (unpaired) electrons. The molecule has 0 saturated carbocycles. The molecule has 0 spiro atoms. The third-order valence-electron chi connectivity index (χ3n) is 2.46. The Hall–Kier alpha value is -1.84. The summed E-state index contributed by atoms with van der Waals surface area (Å²) in [4.78, 5) is 17.3. The predicted octanol–water partition coefficient (Wildman–Crippen LogP) is 1.08. The highest BCUT2D eigenvalue weighted by Crippen LogP contribution is 2.14. The van der Waals surface area contributed by atoms with Crippen LogP contribution in [-0.4, -0.2) is 41.9 Å². The molecule has 0 saturated heterocycles. The van der Waals surface area contributed by atoms with E-state index in [-0.39, 0.29) is 0 Å². The Balaban J connectivity index is 2.48. The van der Waals surface area contributed by atoms with Gasteiger partial charge in [0.2, 0.25) is 0 Å². The topological polar surface area (TPSA) is 52.9 Å². The Bertz CT molecular complexity index is 426. The van der Waals surface area contributed by atoms with Gasteiger partial charge >= 0.3 is 5.97 Å². The number of benzene rings is 1. The lowest BCUT2D eigenvalue weighted by atomic mass is 10.1. The average molecular weight is 204 g/mol. The monoisotopic (exact) mass is 204 g/mol. The summed E-state index contributed by atoms with van der Waals surface area (Å²) in [6.07, 6.45) is 0. The molecule has 78 valence electrons. The van der Waals surface area contributed by atoms with Gasteiger partial charge in [0.05, 0.1) is 12.1 Å². The lowest BCUT2D eigenvalue weighted by Crippen LogP contribution is -2.25. The summed E-state index contributed by atoms with van der Waals surface area (Å²) in [6, 6.07) is 6.95. The van der Waals surface area contributed by atoms with E-state index in [0.717, 1.165) is 18.9 Å². The fourth-order valence-electron chi connectivity index (χ4n) is 1.69. The predicted molar refractivity (Wildman–Crippen MR) is 57.4 cm³/mol. The van der Waals surface area contributed by atoms with Crippen LogP contribution in [0, 0.1) is 0 Å². The van der Waals surface area contributed by atoms with Crippen molar-refractivity contribution in [1.29, 1.82) is 0 Å². The van der Waals surface area contributed by atoms with E-state index in [4.69, 9.17) is 5.11 Å². The van der Waals surface area contributed by atoms with Gasteiger partial charge in [-0.1, -0.05) is 18.2 Å². The zero-order valence-corrected chi connectivity index (χ0v) is 8.47. The van der Waals surface area contributed by atoms with Gasteiger partial charge in [-0.25, -0.2) is 4.79 Å². The molecule has 0 amide bonds. The van der Waals surface area contributed by atoms with Gasteiger partial charge in [-0.05, 0) is 6.07 Å². The molecule has 0 bridgehead atoms. The SMILES string of the molecule is CN1CCN=C1c1ccccc1C(=O)O. The standard InChI is InChI=1S/C11H12N2O2/c1-13-7-6-12-10(13)8-4-2-3-5-9(8)11(14)15/h2-5H,6-7H2,1H3,(H,14,15). The quantitative estimate of drug-likeness (QED) is 0.784. The van der Waals surface area contributed by atoms with Crippen molar-refractivity contribution in [3.05, 3.63) is 35.4 Å². The molecule has 1 aromatic carbocycles. The second-order valence-electron chi connectivity index (χ2n) is 3.48. The van der Waals surface area contributed by atoms with Gasteiger partial charge in [0.1, 0.15) is 5.84 Å². The molecule has 4 nitrogen and oxygen atoms in total. The number of amidine groups is 1. The number of carboxylic acid groups (broad SMARTS) is 1. The number of aromatic carboxylic acids is 1. The van der Waals surface area contributed by atoms with Crippen molar-refractivity contribution < 1.29 is 9.90 Å². The minimum absolute atomic E-state index is 0.310. The first kappa shape index (κ1) is 9.71. The van der Waals surface area contributed by atoms with Gasteiger partial charge in [-0.15, -0.1) is 0 Å². The van der Waals surface area contributed by atoms with E-state index >= 15 is 0 Å². The van der Waals surface area contributed by atoms with E-state index in [9.17, 15) is 4.79 Å². The minimum Gasteiger partial charge on any atom is -0.478 e. The Morgan fingerprint density at radius 2 is 2.20 bits per heavy atom. The Morgan fingerprint density at radius 1 is 1.47 bits per heavy atom. The highest BCUT2D eigenvalue weighted by molar-refractivity contribution is 6.07. The molecule has 1 aliphatic rings. The number of nitrogens with zero attached hydrogens (tertiary/aromatic N) is 2. The largest absolute Gasteiger partial charge is 0.478 e. The van der Waals surface area contributed by atoms with Gasteiger partial charge in [-0.3, -0.25) is 4.99 Å². The zero-order chi connectivity index (χ0) is 10.8. The molecule has 0 atom stereocenters. The maximum Gasteiger partial charge on any atom is 0.336 e. The van der Waals surface area contributed by atoms with Crippen LogP contribution in [0.15, 0.2) is 29.3 Å². The normalized spacial score (nSPS) is 15.3. The van der Waals surface area contributed by atoms with Gasteiger partial charge < -0.3 is 10.0 Å². The molecule has 0 aromatic heterocycles. The molecule has 2 rings (SSSR count). The van der Waals surface area contributed by atoms with E-state index < -0.39 is 5.97 Å². The molecular formula is C11H12N2O2. The van der Waals surface area contributed by atoms with Crippen molar-refractivity contribution in [3.8, 4) is 0 Å². The van der Waals surface area contributed by atoms with E-state index in [1.54, 1.807) is 18.2 Å². The first-order valence-corrected chi connectivity index (χ1v) is 4.78. The van der Waals surface area contributed by atoms with Crippen molar-refractivity contribution in [1.82, 2.24) is 4.90 Å². The molecule has 1 N–H and O–H groups in total. The van der Waals surface area contributed by atoms with Crippen LogP contribution in [0.4, 0.5) is 0 Å². The average Bonchev–Trinajstić information content (AvgIpc) is 2.64. The Labute approximate surface area is 87.9 Å². The maximum atomic E-state index is 11.0. The highest BCUT2D eigenvalue weighted by atomic mass is 16.4. The summed E-state index contributed by atoms with van der Waals surface area (Å²) in [5.41, 5.74) is 1.01. The summed E-state index contributed by atoms with van der Waals surface area (Å²) in [6.45, 7) is 1.59. The Kier molecular flexibility index (Phi) is 2.41. The van der Waals surface area contributed by atoms with Gasteiger partial charge in [-0.2, -0.15) is 0 Å². The third-order valence-corrected chi connectivity index (χ3v) is 2.46.